The number of nitrogens with one attached hydrogen (secondary N) is 2. The van der Waals surface area contributed by atoms with Gasteiger partial charge in [-0.25, -0.2) is 9.59 Å². The first-order valence-electron chi connectivity index (χ1n) is 12.5. The SMILES string of the molecule is CC(=O)OC(Cc1ccc(NC(=O)OCC2c3ccccc3-c3ccccc32)cc1)NC(=O)OC(C)(C)C. The van der Waals surface area contributed by atoms with Gasteiger partial charge in [0, 0.05) is 24.9 Å². The first-order chi connectivity index (χ1) is 18.1. The zero-order chi connectivity index (χ0) is 27.3. The van der Waals surface area contributed by atoms with Crippen LogP contribution in [0.1, 0.15) is 50.3 Å². The number of carbonyl (C=O) groups is 3. The van der Waals surface area contributed by atoms with Crippen LogP contribution in [0.25, 0.3) is 11.1 Å². The number of fused-ring (bicyclic) bond motifs is 3. The number of amides is 2. The van der Waals surface area contributed by atoms with Crippen LogP contribution in [0, 0.1) is 0 Å². The summed E-state index contributed by atoms with van der Waals surface area (Å²) in [5.74, 6) is -0.550. The third-order valence-corrected chi connectivity index (χ3v) is 5.95. The van der Waals surface area contributed by atoms with Crippen LogP contribution in [0.2, 0.25) is 0 Å². The van der Waals surface area contributed by atoms with E-state index >= 15 is 0 Å². The highest BCUT2D eigenvalue weighted by Gasteiger charge is 2.29. The Balaban J connectivity index is 1.33. The van der Waals surface area contributed by atoms with Crippen LogP contribution >= 0.6 is 0 Å². The molecule has 2 amide bonds. The average molecular weight is 517 g/mol. The number of hydrogen-bond donors (Lipinski definition) is 2. The molecule has 0 aromatic heterocycles. The molecule has 1 unspecified atom stereocenters. The molecule has 0 heterocycles. The van der Waals surface area contributed by atoms with Crippen LogP contribution in [0.5, 0.6) is 0 Å². The Kier molecular flexibility index (Phi) is 8.00. The van der Waals surface area contributed by atoms with Crippen LogP contribution in [-0.2, 0) is 25.4 Å². The summed E-state index contributed by atoms with van der Waals surface area (Å²) in [6.45, 7) is 6.73. The van der Waals surface area contributed by atoms with Crippen molar-refractivity contribution >= 4 is 23.8 Å². The van der Waals surface area contributed by atoms with E-state index in [-0.39, 0.29) is 18.9 Å². The van der Waals surface area contributed by atoms with E-state index < -0.39 is 30.0 Å². The van der Waals surface area contributed by atoms with E-state index in [1.54, 1.807) is 45.0 Å². The van der Waals surface area contributed by atoms with Crippen LogP contribution in [0.4, 0.5) is 15.3 Å². The number of alkyl carbamates (subject to hydrolysis) is 1. The number of hydrogen-bond acceptors (Lipinski definition) is 6. The summed E-state index contributed by atoms with van der Waals surface area (Å²) < 4.78 is 16.1. The smallest absolute Gasteiger partial charge is 0.411 e. The fourth-order valence-corrected chi connectivity index (χ4v) is 4.45. The number of anilines is 1. The normalized spacial score (nSPS) is 13.1. The van der Waals surface area contributed by atoms with Gasteiger partial charge in [0.2, 0.25) is 0 Å². The maximum Gasteiger partial charge on any atom is 0.411 e. The highest BCUT2D eigenvalue weighted by atomic mass is 16.6. The minimum Gasteiger partial charge on any atom is -0.448 e. The second-order valence-electron chi connectivity index (χ2n) is 10.1. The Labute approximate surface area is 222 Å². The van der Waals surface area contributed by atoms with Crippen molar-refractivity contribution in [3.8, 4) is 11.1 Å². The van der Waals surface area contributed by atoms with Crippen molar-refractivity contribution in [2.75, 3.05) is 11.9 Å². The lowest BCUT2D eigenvalue weighted by molar-refractivity contribution is -0.147. The van der Waals surface area contributed by atoms with Crippen LogP contribution in [0.3, 0.4) is 0 Å². The summed E-state index contributed by atoms with van der Waals surface area (Å²) in [7, 11) is 0. The molecule has 8 nitrogen and oxygen atoms in total. The summed E-state index contributed by atoms with van der Waals surface area (Å²) in [5.41, 5.74) is 5.28. The fourth-order valence-electron chi connectivity index (χ4n) is 4.45. The number of ether oxygens (including phenoxy) is 3. The molecule has 0 saturated heterocycles. The second-order valence-corrected chi connectivity index (χ2v) is 10.1. The summed E-state index contributed by atoms with van der Waals surface area (Å²) in [4.78, 5) is 36.2. The first kappa shape index (κ1) is 26.7. The molecule has 0 bridgehead atoms. The van der Waals surface area contributed by atoms with Gasteiger partial charge in [0.1, 0.15) is 12.2 Å². The third-order valence-electron chi connectivity index (χ3n) is 5.95. The Bertz CT molecular complexity index is 1270. The quantitative estimate of drug-likeness (QED) is 0.227. The summed E-state index contributed by atoms with van der Waals surface area (Å²) in [5, 5.41) is 5.31. The Morgan fingerprint density at radius 1 is 0.842 bits per heavy atom. The summed E-state index contributed by atoms with van der Waals surface area (Å²) in [6, 6.07) is 23.3. The van der Waals surface area contributed by atoms with Crippen molar-refractivity contribution < 1.29 is 28.6 Å². The topological polar surface area (TPSA) is 103 Å². The van der Waals surface area contributed by atoms with E-state index in [0.29, 0.717) is 5.69 Å². The van der Waals surface area contributed by atoms with Gasteiger partial charge in [0.15, 0.2) is 6.23 Å². The summed E-state index contributed by atoms with van der Waals surface area (Å²) in [6.07, 6.45) is -1.91. The molecule has 38 heavy (non-hydrogen) atoms. The van der Waals surface area contributed by atoms with Crippen molar-refractivity contribution in [3.63, 3.8) is 0 Å². The molecule has 0 spiro atoms. The molecule has 2 N–H and O–H groups in total. The molecule has 0 saturated carbocycles. The Morgan fingerprint density at radius 2 is 1.42 bits per heavy atom. The summed E-state index contributed by atoms with van der Waals surface area (Å²) >= 11 is 0. The van der Waals surface area contributed by atoms with E-state index in [0.717, 1.165) is 16.7 Å². The number of rotatable bonds is 7. The number of carbonyl (C=O) groups excluding carboxylic acids is 3. The monoisotopic (exact) mass is 516 g/mol. The van der Waals surface area contributed by atoms with E-state index in [4.69, 9.17) is 14.2 Å². The van der Waals surface area contributed by atoms with Gasteiger partial charge in [0.25, 0.3) is 0 Å². The van der Waals surface area contributed by atoms with Gasteiger partial charge in [-0.15, -0.1) is 0 Å². The Morgan fingerprint density at radius 3 is 1.97 bits per heavy atom. The minimum absolute atomic E-state index is 0.0220. The molecule has 8 heteroatoms. The van der Waals surface area contributed by atoms with E-state index in [1.807, 2.05) is 24.3 Å². The molecule has 4 rings (SSSR count). The number of esters is 1. The standard InChI is InChI=1S/C30H32N2O6/c1-19(33)37-27(32-29(35)38-30(2,3)4)17-20-13-15-21(16-14-20)31-28(34)36-18-26-24-11-7-5-9-22(24)23-10-6-8-12-25(23)26/h5-16,26-27H,17-18H2,1-4H3,(H,31,34)(H,32,35). The lowest BCUT2D eigenvalue weighted by Gasteiger charge is -2.23. The maximum atomic E-state index is 12.6. The predicted octanol–water partition coefficient (Wildman–Crippen LogP) is 6.00. The van der Waals surface area contributed by atoms with Gasteiger partial charge >= 0.3 is 18.2 Å². The fraction of sp³-hybridized carbons (Fsp3) is 0.300. The molecule has 198 valence electrons. The lowest BCUT2D eigenvalue weighted by Crippen LogP contribution is -2.42. The van der Waals surface area contributed by atoms with Crippen LogP contribution in [0.15, 0.2) is 72.8 Å². The minimum atomic E-state index is -0.900. The molecule has 0 fully saturated rings. The van der Waals surface area contributed by atoms with Crippen LogP contribution < -0.4 is 10.6 Å². The molecular weight excluding hydrogens is 484 g/mol. The molecule has 3 aromatic carbocycles. The molecule has 0 radical (unpaired) electrons. The van der Waals surface area contributed by atoms with Gasteiger partial charge in [-0.1, -0.05) is 60.7 Å². The highest BCUT2D eigenvalue weighted by Crippen LogP contribution is 2.44. The average Bonchev–Trinajstić information content (AvgIpc) is 3.16. The molecule has 1 aliphatic carbocycles. The predicted molar refractivity (Wildman–Crippen MR) is 144 cm³/mol. The van der Waals surface area contributed by atoms with Crippen molar-refractivity contribution in [3.05, 3.63) is 89.5 Å². The van der Waals surface area contributed by atoms with E-state index in [9.17, 15) is 14.4 Å². The van der Waals surface area contributed by atoms with Crippen molar-refractivity contribution in [1.82, 2.24) is 5.32 Å². The molecule has 1 atom stereocenters. The van der Waals surface area contributed by atoms with Crippen molar-refractivity contribution in [1.29, 1.82) is 0 Å². The Hall–Kier alpha value is -4.33. The molecule has 1 aliphatic rings. The van der Waals surface area contributed by atoms with Gasteiger partial charge in [-0.2, -0.15) is 0 Å². The highest BCUT2D eigenvalue weighted by molar-refractivity contribution is 5.85. The zero-order valence-corrected chi connectivity index (χ0v) is 21.9. The first-order valence-corrected chi connectivity index (χ1v) is 12.5. The zero-order valence-electron chi connectivity index (χ0n) is 21.9. The van der Waals surface area contributed by atoms with Gasteiger partial charge in [-0.3, -0.25) is 15.4 Å². The van der Waals surface area contributed by atoms with Crippen LogP contribution in [-0.4, -0.2) is 36.6 Å². The van der Waals surface area contributed by atoms with Gasteiger partial charge < -0.3 is 14.2 Å². The third kappa shape index (κ3) is 6.91. The van der Waals surface area contributed by atoms with Crippen molar-refractivity contribution in [2.45, 2.75) is 51.9 Å². The largest absolute Gasteiger partial charge is 0.448 e. The van der Waals surface area contributed by atoms with Gasteiger partial charge in [-0.05, 0) is 60.7 Å². The van der Waals surface area contributed by atoms with E-state index in [2.05, 4.69) is 34.9 Å². The van der Waals surface area contributed by atoms with E-state index in [1.165, 1.54) is 18.1 Å². The maximum absolute atomic E-state index is 12.6. The lowest BCUT2D eigenvalue weighted by atomic mass is 9.98. The molecule has 0 aliphatic heterocycles. The number of benzene rings is 3. The molecular formula is C30H32N2O6. The van der Waals surface area contributed by atoms with Gasteiger partial charge in [0.05, 0.1) is 0 Å². The second kappa shape index (κ2) is 11.4. The van der Waals surface area contributed by atoms with Crippen molar-refractivity contribution in [2.24, 2.45) is 0 Å². The molecule has 3 aromatic rings.